The number of hydrogen-bond acceptors (Lipinski definition) is 4. The summed E-state index contributed by atoms with van der Waals surface area (Å²) in [6.07, 6.45) is -0.110. The van der Waals surface area contributed by atoms with Gasteiger partial charge in [0.05, 0.1) is 0 Å². The molecule has 76 valence electrons. The minimum absolute atomic E-state index is 0.0262. The van der Waals surface area contributed by atoms with E-state index in [0.717, 1.165) is 0 Å². The van der Waals surface area contributed by atoms with Crippen LogP contribution in [0.15, 0.2) is 0 Å². The van der Waals surface area contributed by atoms with Crippen LogP contribution in [-0.4, -0.2) is 41.4 Å². The molecule has 0 aromatic heterocycles. The van der Waals surface area contributed by atoms with Crippen molar-refractivity contribution >= 4 is 16.1 Å². The molecule has 1 aliphatic heterocycles. The van der Waals surface area contributed by atoms with Crippen LogP contribution in [0, 0.1) is 0 Å². The number of carbonyl (C=O) groups is 1. The zero-order chi connectivity index (χ0) is 10.3. The normalized spacial score (nSPS) is 34.8. The first-order valence-corrected chi connectivity index (χ1v) is 5.21. The van der Waals surface area contributed by atoms with Crippen molar-refractivity contribution in [3.05, 3.63) is 0 Å². The van der Waals surface area contributed by atoms with Gasteiger partial charge in [0, 0.05) is 6.54 Å². The highest BCUT2D eigenvalue weighted by Gasteiger charge is 2.45. The topological polar surface area (TPSA) is 104 Å². The van der Waals surface area contributed by atoms with Crippen molar-refractivity contribution in [3.8, 4) is 0 Å². The van der Waals surface area contributed by atoms with Crippen molar-refractivity contribution in [1.29, 1.82) is 0 Å². The van der Waals surface area contributed by atoms with Gasteiger partial charge in [-0.25, -0.2) is 0 Å². The number of aliphatic carboxylic acids is 1. The quantitative estimate of drug-likeness (QED) is 0.508. The van der Waals surface area contributed by atoms with Gasteiger partial charge in [-0.15, -0.1) is 0 Å². The first-order valence-electron chi connectivity index (χ1n) is 3.70. The summed E-state index contributed by atoms with van der Waals surface area (Å²) in [5.74, 6) is -1.11. The highest BCUT2D eigenvalue weighted by atomic mass is 32.2. The fourth-order valence-electron chi connectivity index (χ4n) is 1.31. The van der Waals surface area contributed by atoms with E-state index in [-0.39, 0.29) is 13.0 Å². The lowest BCUT2D eigenvalue weighted by atomic mass is 10.0. The first-order chi connectivity index (χ1) is 5.76. The van der Waals surface area contributed by atoms with Gasteiger partial charge in [0.2, 0.25) is 0 Å². The van der Waals surface area contributed by atoms with Crippen LogP contribution >= 0.6 is 0 Å². The van der Waals surface area contributed by atoms with Crippen molar-refractivity contribution in [2.24, 2.45) is 0 Å². The van der Waals surface area contributed by atoms with Gasteiger partial charge in [-0.05, 0) is 13.3 Å². The zero-order valence-corrected chi connectivity index (χ0v) is 7.84. The van der Waals surface area contributed by atoms with Crippen LogP contribution in [0.4, 0.5) is 0 Å². The standard InChI is InChI=1S/C6H11NO5S/c1-6(5(8)9)2-4(3-7-6)13(10,11)12/h4,7H,2-3H2,1H3,(H,8,9)(H,10,11,12)/t4-,6+/m0/s1. The Morgan fingerprint density at radius 1 is 1.62 bits per heavy atom. The molecule has 1 saturated heterocycles. The lowest BCUT2D eigenvalue weighted by molar-refractivity contribution is -0.143. The van der Waals surface area contributed by atoms with Crippen LogP contribution in [-0.2, 0) is 14.9 Å². The minimum Gasteiger partial charge on any atom is -0.480 e. The molecule has 1 aliphatic rings. The number of hydrogen-bond donors (Lipinski definition) is 3. The average molecular weight is 209 g/mol. The Balaban J connectivity index is 2.81. The molecule has 13 heavy (non-hydrogen) atoms. The van der Waals surface area contributed by atoms with E-state index in [0.29, 0.717) is 0 Å². The van der Waals surface area contributed by atoms with E-state index >= 15 is 0 Å². The second-order valence-electron chi connectivity index (χ2n) is 3.36. The fraction of sp³-hybridized carbons (Fsp3) is 0.833. The number of nitrogens with one attached hydrogen (secondary N) is 1. The summed E-state index contributed by atoms with van der Waals surface area (Å²) < 4.78 is 30.0. The maximum absolute atomic E-state index is 10.7. The Hall–Kier alpha value is -0.660. The second-order valence-corrected chi connectivity index (χ2v) is 5.06. The molecule has 3 N–H and O–H groups in total. The summed E-state index contributed by atoms with van der Waals surface area (Å²) in [6, 6.07) is 0. The van der Waals surface area contributed by atoms with Crippen LogP contribution < -0.4 is 5.32 Å². The molecule has 0 bridgehead atoms. The summed E-state index contributed by atoms with van der Waals surface area (Å²) in [6.45, 7) is 1.36. The second kappa shape index (κ2) is 2.93. The molecular formula is C6H11NO5S. The lowest BCUT2D eigenvalue weighted by Crippen LogP contribution is -2.44. The van der Waals surface area contributed by atoms with Crippen molar-refractivity contribution in [3.63, 3.8) is 0 Å². The third-order valence-electron chi connectivity index (χ3n) is 2.25. The van der Waals surface area contributed by atoms with Gasteiger partial charge >= 0.3 is 5.97 Å². The Morgan fingerprint density at radius 3 is 2.38 bits per heavy atom. The van der Waals surface area contributed by atoms with Crippen molar-refractivity contribution < 1.29 is 22.9 Å². The maximum atomic E-state index is 10.7. The number of carboxylic acids is 1. The molecule has 2 atom stereocenters. The summed E-state index contributed by atoms with van der Waals surface area (Å²) in [5.41, 5.74) is -1.25. The highest BCUT2D eigenvalue weighted by Crippen LogP contribution is 2.23. The lowest BCUT2D eigenvalue weighted by Gasteiger charge is -2.17. The van der Waals surface area contributed by atoms with Crippen LogP contribution in [0.1, 0.15) is 13.3 Å². The molecule has 1 heterocycles. The van der Waals surface area contributed by atoms with Crippen molar-refractivity contribution in [1.82, 2.24) is 5.32 Å². The molecule has 7 heteroatoms. The Bertz CT molecular complexity index is 324. The van der Waals surface area contributed by atoms with Crippen LogP contribution in [0.2, 0.25) is 0 Å². The molecule has 1 rings (SSSR count). The smallest absolute Gasteiger partial charge is 0.323 e. The van der Waals surface area contributed by atoms with Crippen LogP contribution in [0.5, 0.6) is 0 Å². The summed E-state index contributed by atoms with van der Waals surface area (Å²) >= 11 is 0. The molecular weight excluding hydrogens is 198 g/mol. The summed E-state index contributed by atoms with van der Waals surface area (Å²) in [7, 11) is -4.13. The molecule has 0 aliphatic carbocycles. The van der Waals surface area contributed by atoms with Crippen molar-refractivity contribution in [2.45, 2.75) is 24.1 Å². The third-order valence-corrected chi connectivity index (χ3v) is 3.42. The highest BCUT2D eigenvalue weighted by molar-refractivity contribution is 7.86. The molecule has 0 radical (unpaired) electrons. The average Bonchev–Trinajstić information content (AvgIpc) is 2.31. The largest absolute Gasteiger partial charge is 0.480 e. The van der Waals surface area contributed by atoms with E-state index in [2.05, 4.69) is 5.32 Å². The fourth-order valence-corrected chi connectivity index (χ4v) is 2.15. The van der Waals surface area contributed by atoms with E-state index in [9.17, 15) is 13.2 Å². The van der Waals surface area contributed by atoms with Crippen LogP contribution in [0.25, 0.3) is 0 Å². The van der Waals surface area contributed by atoms with E-state index in [4.69, 9.17) is 9.66 Å². The van der Waals surface area contributed by atoms with Gasteiger partial charge in [-0.3, -0.25) is 9.35 Å². The maximum Gasteiger partial charge on any atom is 0.323 e. The molecule has 0 aromatic rings. The Morgan fingerprint density at radius 2 is 2.15 bits per heavy atom. The molecule has 0 unspecified atom stereocenters. The molecule has 0 spiro atoms. The predicted molar refractivity (Wildman–Crippen MR) is 44.0 cm³/mol. The van der Waals surface area contributed by atoms with E-state index in [1.165, 1.54) is 6.92 Å². The monoisotopic (exact) mass is 209 g/mol. The number of rotatable bonds is 2. The van der Waals surface area contributed by atoms with Gasteiger partial charge in [0.15, 0.2) is 0 Å². The van der Waals surface area contributed by atoms with E-state index in [1.807, 2.05) is 0 Å². The van der Waals surface area contributed by atoms with Gasteiger partial charge in [-0.2, -0.15) is 8.42 Å². The summed E-state index contributed by atoms with van der Waals surface area (Å²) in [5, 5.41) is 10.2. The molecule has 1 fully saturated rings. The minimum atomic E-state index is -4.13. The predicted octanol–water partition coefficient (Wildman–Crippen LogP) is -0.921. The van der Waals surface area contributed by atoms with Crippen LogP contribution in [0.3, 0.4) is 0 Å². The molecule has 0 amide bonds. The third kappa shape index (κ3) is 1.98. The zero-order valence-electron chi connectivity index (χ0n) is 7.02. The van der Waals surface area contributed by atoms with E-state index < -0.39 is 26.9 Å². The SMILES string of the molecule is C[C@]1(C(=O)O)C[C@H](S(=O)(=O)O)CN1. The van der Waals surface area contributed by atoms with Crippen molar-refractivity contribution in [2.75, 3.05) is 6.54 Å². The first kappa shape index (κ1) is 10.4. The van der Waals surface area contributed by atoms with Gasteiger partial charge in [0.1, 0.15) is 10.8 Å². The molecule has 6 nitrogen and oxygen atoms in total. The number of carboxylic acid groups (broad SMARTS) is 1. The van der Waals surface area contributed by atoms with Gasteiger partial charge in [-0.1, -0.05) is 0 Å². The molecule has 0 aromatic carbocycles. The van der Waals surface area contributed by atoms with Gasteiger partial charge in [0.25, 0.3) is 10.1 Å². The van der Waals surface area contributed by atoms with E-state index in [1.54, 1.807) is 0 Å². The summed E-state index contributed by atoms with van der Waals surface area (Å²) in [4.78, 5) is 10.7. The molecule has 0 saturated carbocycles. The van der Waals surface area contributed by atoms with Gasteiger partial charge < -0.3 is 10.4 Å². The Kier molecular flexibility index (Phi) is 2.35. The Labute approximate surface area is 75.7 Å².